The van der Waals surface area contributed by atoms with Crippen LogP contribution < -0.4 is 5.32 Å². The van der Waals surface area contributed by atoms with Crippen molar-refractivity contribution in [2.45, 2.75) is 18.8 Å². The van der Waals surface area contributed by atoms with Crippen LogP contribution in [-0.2, 0) is 18.8 Å². The molecule has 1 aromatic heterocycles. The van der Waals surface area contributed by atoms with Crippen molar-refractivity contribution in [3.05, 3.63) is 53.4 Å². The summed E-state index contributed by atoms with van der Waals surface area (Å²) >= 11 is 1.70. The number of benzene rings is 1. The van der Waals surface area contributed by atoms with Crippen LogP contribution in [0.25, 0.3) is 0 Å². The Morgan fingerprint density at radius 3 is 2.94 bits per heavy atom. The second-order valence-electron chi connectivity index (χ2n) is 3.99. The van der Waals surface area contributed by atoms with E-state index in [1.807, 2.05) is 12.3 Å². The van der Waals surface area contributed by atoms with E-state index in [1.54, 1.807) is 30.2 Å². The molecule has 18 heavy (non-hydrogen) atoms. The molecule has 1 aromatic carbocycles. The molecule has 96 valence electrons. The fraction of sp³-hybridized carbons (Fsp3) is 0.308. The topological polar surface area (TPSA) is 40.7 Å². The van der Waals surface area contributed by atoms with E-state index in [0.717, 1.165) is 29.2 Å². The van der Waals surface area contributed by atoms with Gasteiger partial charge in [-0.1, -0.05) is 6.07 Å². The predicted molar refractivity (Wildman–Crippen MR) is 72.8 cm³/mol. The first-order valence-electron chi connectivity index (χ1n) is 5.75. The molecule has 0 aliphatic carbocycles. The molecular weight excluding hydrogens is 249 g/mol. The number of nitrogens with one attached hydrogen (secondary N) is 2. The Labute approximate surface area is 110 Å². The van der Waals surface area contributed by atoms with Crippen molar-refractivity contribution in [3.63, 3.8) is 0 Å². The highest BCUT2D eigenvalue weighted by atomic mass is 32.2. The minimum absolute atomic E-state index is 0.172. The first kappa shape index (κ1) is 13.1. The first-order valence-corrected chi connectivity index (χ1v) is 7.14. The maximum absolute atomic E-state index is 13.2. The van der Waals surface area contributed by atoms with Gasteiger partial charge in [0.1, 0.15) is 11.6 Å². The Bertz CT molecular complexity index is 485. The lowest BCUT2D eigenvalue weighted by atomic mass is 10.1. The predicted octanol–water partition coefficient (Wildman–Crippen LogP) is 2.70. The SMILES string of the molecule is CSCc1cc(F)ccc1CNCc1ncc[nH]1. The zero-order valence-electron chi connectivity index (χ0n) is 10.2. The van der Waals surface area contributed by atoms with Crippen LogP contribution in [0.1, 0.15) is 17.0 Å². The van der Waals surface area contributed by atoms with Gasteiger partial charge in [-0.15, -0.1) is 0 Å². The van der Waals surface area contributed by atoms with Crippen molar-refractivity contribution >= 4 is 11.8 Å². The van der Waals surface area contributed by atoms with Crippen LogP contribution in [-0.4, -0.2) is 16.2 Å². The van der Waals surface area contributed by atoms with E-state index in [2.05, 4.69) is 15.3 Å². The zero-order chi connectivity index (χ0) is 12.8. The number of hydrogen-bond acceptors (Lipinski definition) is 3. The zero-order valence-corrected chi connectivity index (χ0v) is 11.1. The highest BCUT2D eigenvalue weighted by Gasteiger charge is 2.04. The summed E-state index contributed by atoms with van der Waals surface area (Å²) in [7, 11) is 0. The van der Waals surface area contributed by atoms with Crippen molar-refractivity contribution in [1.82, 2.24) is 15.3 Å². The number of imidazole rings is 1. The van der Waals surface area contributed by atoms with Gasteiger partial charge in [0.25, 0.3) is 0 Å². The first-order chi connectivity index (χ1) is 8.79. The molecule has 0 aliphatic rings. The monoisotopic (exact) mass is 265 g/mol. The lowest BCUT2D eigenvalue weighted by molar-refractivity contribution is 0.621. The molecule has 0 aliphatic heterocycles. The van der Waals surface area contributed by atoms with E-state index in [0.29, 0.717) is 6.54 Å². The summed E-state index contributed by atoms with van der Waals surface area (Å²) in [4.78, 5) is 7.17. The van der Waals surface area contributed by atoms with Gasteiger partial charge in [-0.3, -0.25) is 0 Å². The van der Waals surface area contributed by atoms with Crippen LogP contribution in [0.3, 0.4) is 0 Å². The van der Waals surface area contributed by atoms with Crippen molar-refractivity contribution in [3.8, 4) is 0 Å². The van der Waals surface area contributed by atoms with E-state index in [9.17, 15) is 4.39 Å². The van der Waals surface area contributed by atoms with Gasteiger partial charge in [0.2, 0.25) is 0 Å². The second-order valence-corrected chi connectivity index (χ2v) is 4.85. The Balaban J connectivity index is 1.95. The minimum atomic E-state index is -0.172. The molecular formula is C13H16FN3S. The second kappa shape index (κ2) is 6.56. The number of halogens is 1. The van der Waals surface area contributed by atoms with Crippen LogP contribution >= 0.6 is 11.8 Å². The number of rotatable bonds is 6. The molecule has 0 spiro atoms. The van der Waals surface area contributed by atoms with Gasteiger partial charge < -0.3 is 10.3 Å². The molecule has 0 atom stereocenters. The van der Waals surface area contributed by atoms with Crippen LogP contribution in [0.4, 0.5) is 4.39 Å². The number of aromatic nitrogens is 2. The van der Waals surface area contributed by atoms with Crippen LogP contribution in [0.2, 0.25) is 0 Å². The molecule has 0 saturated carbocycles. The molecule has 0 bridgehead atoms. The maximum Gasteiger partial charge on any atom is 0.123 e. The number of hydrogen-bond donors (Lipinski definition) is 2. The summed E-state index contributed by atoms with van der Waals surface area (Å²) in [5.74, 6) is 1.56. The molecule has 0 amide bonds. The fourth-order valence-electron chi connectivity index (χ4n) is 1.77. The number of H-pyrrole nitrogens is 1. The van der Waals surface area contributed by atoms with E-state index in [1.165, 1.54) is 6.07 Å². The summed E-state index contributed by atoms with van der Waals surface area (Å²) in [6, 6.07) is 4.96. The fourth-order valence-corrected chi connectivity index (χ4v) is 2.35. The Morgan fingerprint density at radius 2 is 2.22 bits per heavy atom. The van der Waals surface area contributed by atoms with Gasteiger partial charge in [0, 0.05) is 24.7 Å². The minimum Gasteiger partial charge on any atom is -0.348 e. The van der Waals surface area contributed by atoms with E-state index in [-0.39, 0.29) is 5.82 Å². The average molecular weight is 265 g/mol. The maximum atomic E-state index is 13.2. The highest BCUT2D eigenvalue weighted by Crippen LogP contribution is 2.16. The smallest absolute Gasteiger partial charge is 0.123 e. The van der Waals surface area contributed by atoms with Gasteiger partial charge >= 0.3 is 0 Å². The van der Waals surface area contributed by atoms with Crippen LogP contribution in [0.5, 0.6) is 0 Å². The van der Waals surface area contributed by atoms with Crippen molar-refractivity contribution in [2.75, 3.05) is 6.26 Å². The number of nitrogens with zero attached hydrogens (tertiary/aromatic N) is 1. The third kappa shape index (κ3) is 3.58. The summed E-state index contributed by atoms with van der Waals surface area (Å²) in [5.41, 5.74) is 2.19. The van der Waals surface area contributed by atoms with Crippen LogP contribution in [0.15, 0.2) is 30.6 Å². The van der Waals surface area contributed by atoms with Gasteiger partial charge in [0.05, 0.1) is 6.54 Å². The molecule has 2 rings (SSSR count). The molecule has 0 radical (unpaired) electrons. The van der Waals surface area contributed by atoms with Crippen molar-refractivity contribution in [2.24, 2.45) is 0 Å². The number of thioether (sulfide) groups is 1. The third-order valence-corrected chi connectivity index (χ3v) is 3.23. The Kier molecular flexibility index (Phi) is 4.78. The molecule has 2 aromatic rings. The Morgan fingerprint density at radius 1 is 1.33 bits per heavy atom. The lowest BCUT2D eigenvalue weighted by Gasteiger charge is -2.09. The van der Waals surface area contributed by atoms with Gasteiger partial charge in [-0.25, -0.2) is 9.37 Å². The normalized spacial score (nSPS) is 10.8. The standard InChI is InChI=1S/C13H16FN3S/c1-18-9-11-6-12(14)3-2-10(11)7-15-8-13-16-4-5-17-13/h2-6,15H,7-9H2,1H3,(H,16,17). The largest absolute Gasteiger partial charge is 0.348 e. The van der Waals surface area contributed by atoms with E-state index in [4.69, 9.17) is 0 Å². The quantitative estimate of drug-likeness (QED) is 0.843. The van der Waals surface area contributed by atoms with Crippen molar-refractivity contribution < 1.29 is 4.39 Å². The van der Waals surface area contributed by atoms with Gasteiger partial charge in [-0.2, -0.15) is 11.8 Å². The summed E-state index contributed by atoms with van der Waals surface area (Å²) in [6.07, 6.45) is 5.55. The number of aromatic amines is 1. The summed E-state index contributed by atoms with van der Waals surface area (Å²) in [6.45, 7) is 1.40. The summed E-state index contributed by atoms with van der Waals surface area (Å²) < 4.78 is 13.2. The van der Waals surface area contributed by atoms with Crippen molar-refractivity contribution in [1.29, 1.82) is 0 Å². The molecule has 3 nitrogen and oxygen atoms in total. The Hall–Kier alpha value is -1.33. The van der Waals surface area contributed by atoms with E-state index >= 15 is 0 Å². The molecule has 0 unspecified atom stereocenters. The van der Waals surface area contributed by atoms with Gasteiger partial charge in [-0.05, 0) is 29.5 Å². The lowest BCUT2D eigenvalue weighted by Crippen LogP contribution is -2.15. The molecule has 0 fully saturated rings. The molecule has 1 heterocycles. The van der Waals surface area contributed by atoms with Gasteiger partial charge in [0.15, 0.2) is 0 Å². The molecule has 5 heteroatoms. The average Bonchev–Trinajstić information content (AvgIpc) is 2.85. The highest BCUT2D eigenvalue weighted by molar-refractivity contribution is 7.97. The van der Waals surface area contributed by atoms with E-state index < -0.39 is 0 Å². The summed E-state index contributed by atoms with van der Waals surface area (Å²) in [5, 5.41) is 3.30. The third-order valence-electron chi connectivity index (χ3n) is 2.63. The van der Waals surface area contributed by atoms with Crippen LogP contribution in [0, 0.1) is 5.82 Å². The molecule has 0 saturated heterocycles. The molecule has 2 N–H and O–H groups in total.